The van der Waals surface area contributed by atoms with E-state index in [-0.39, 0.29) is 29.0 Å². The highest BCUT2D eigenvalue weighted by molar-refractivity contribution is 6.04. The van der Waals surface area contributed by atoms with Gasteiger partial charge in [-0.2, -0.15) is 0 Å². The SMILES string of the molecule is CC(C)(C)C1CCC(C(NC(=O)Nc2ccc(OC(F)(F)F)cc2)c2ccc(C(=O)Nc3ccc4c(c3)OCCO4)cc2)CC1. The molecule has 45 heavy (non-hydrogen) atoms. The van der Waals surface area contributed by atoms with Crippen molar-refractivity contribution in [2.24, 2.45) is 17.3 Å². The Hall–Kier alpha value is -4.41. The van der Waals surface area contributed by atoms with Crippen molar-refractivity contribution in [1.82, 2.24) is 5.32 Å². The van der Waals surface area contributed by atoms with Crippen molar-refractivity contribution in [1.29, 1.82) is 0 Å². The maximum atomic E-state index is 13.1. The van der Waals surface area contributed by atoms with E-state index in [0.717, 1.165) is 43.4 Å². The van der Waals surface area contributed by atoms with Gasteiger partial charge >= 0.3 is 12.4 Å². The van der Waals surface area contributed by atoms with Gasteiger partial charge in [0.15, 0.2) is 11.5 Å². The smallest absolute Gasteiger partial charge is 0.486 e. The van der Waals surface area contributed by atoms with E-state index in [9.17, 15) is 22.8 Å². The first kappa shape index (κ1) is 32.0. The molecule has 3 N–H and O–H groups in total. The minimum absolute atomic E-state index is 0.161. The zero-order valence-electron chi connectivity index (χ0n) is 25.5. The number of alkyl halides is 3. The first-order valence-corrected chi connectivity index (χ1v) is 15.1. The van der Waals surface area contributed by atoms with Gasteiger partial charge < -0.3 is 30.2 Å². The molecule has 1 atom stereocenters. The summed E-state index contributed by atoms with van der Waals surface area (Å²) in [5, 5.41) is 8.69. The molecule has 8 nitrogen and oxygen atoms in total. The number of urea groups is 1. The molecule has 5 rings (SSSR count). The molecule has 1 aliphatic carbocycles. The topological polar surface area (TPSA) is 97.9 Å². The molecule has 0 aromatic heterocycles. The van der Waals surface area contributed by atoms with Crippen LogP contribution in [0.2, 0.25) is 0 Å². The number of fused-ring (bicyclic) bond motifs is 1. The molecule has 1 unspecified atom stereocenters. The molecule has 3 aromatic rings. The lowest BCUT2D eigenvalue weighted by molar-refractivity contribution is -0.274. The monoisotopic (exact) mass is 625 g/mol. The molecule has 0 bridgehead atoms. The van der Waals surface area contributed by atoms with Gasteiger partial charge in [0.1, 0.15) is 19.0 Å². The second kappa shape index (κ2) is 13.3. The van der Waals surface area contributed by atoms with Gasteiger partial charge in [-0.05, 0) is 97.0 Å². The van der Waals surface area contributed by atoms with Crippen molar-refractivity contribution in [3.63, 3.8) is 0 Å². The second-order valence-electron chi connectivity index (χ2n) is 12.6. The maximum Gasteiger partial charge on any atom is 0.573 e. The van der Waals surface area contributed by atoms with E-state index >= 15 is 0 Å². The van der Waals surface area contributed by atoms with Crippen LogP contribution in [0.15, 0.2) is 66.7 Å². The van der Waals surface area contributed by atoms with Crippen LogP contribution in [0.25, 0.3) is 0 Å². The van der Waals surface area contributed by atoms with E-state index in [1.165, 1.54) is 12.1 Å². The van der Waals surface area contributed by atoms with Gasteiger partial charge in [0, 0.05) is 23.0 Å². The number of hydrogen-bond acceptors (Lipinski definition) is 5. The number of nitrogens with one attached hydrogen (secondary N) is 3. The number of hydrogen-bond donors (Lipinski definition) is 3. The number of halogens is 3. The van der Waals surface area contributed by atoms with Crippen LogP contribution >= 0.6 is 0 Å². The summed E-state index contributed by atoms with van der Waals surface area (Å²) in [5.74, 6) is 1.29. The van der Waals surface area contributed by atoms with Gasteiger partial charge in [-0.15, -0.1) is 13.2 Å². The van der Waals surface area contributed by atoms with E-state index in [4.69, 9.17) is 9.47 Å². The van der Waals surface area contributed by atoms with Gasteiger partial charge in [0.05, 0.1) is 6.04 Å². The Morgan fingerprint density at radius 1 is 0.800 bits per heavy atom. The largest absolute Gasteiger partial charge is 0.573 e. The summed E-state index contributed by atoms with van der Waals surface area (Å²) < 4.78 is 52.6. The number of benzene rings is 3. The molecule has 3 aromatic carbocycles. The van der Waals surface area contributed by atoms with Crippen molar-refractivity contribution in [2.45, 2.75) is 58.9 Å². The molecule has 2 aliphatic rings. The summed E-state index contributed by atoms with van der Waals surface area (Å²) in [7, 11) is 0. The molecule has 1 heterocycles. The van der Waals surface area contributed by atoms with Gasteiger partial charge in [-0.25, -0.2) is 4.79 Å². The van der Waals surface area contributed by atoms with Crippen LogP contribution in [0.3, 0.4) is 0 Å². The zero-order chi connectivity index (χ0) is 32.2. The summed E-state index contributed by atoms with van der Waals surface area (Å²) in [5.41, 5.74) is 2.41. The lowest BCUT2D eigenvalue weighted by atomic mass is 9.68. The summed E-state index contributed by atoms with van der Waals surface area (Å²) in [6.07, 6.45) is -0.895. The average molecular weight is 626 g/mol. The summed E-state index contributed by atoms with van der Waals surface area (Å²) in [4.78, 5) is 26.2. The third-order valence-electron chi connectivity index (χ3n) is 8.43. The molecule has 1 saturated carbocycles. The lowest BCUT2D eigenvalue weighted by Crippen LogP contribution is -2.38. The van der Waals surface area contributed by atoms with E-state index in [1.54, 1.807) is 30.3 Å². The summed E-state index contributed by atoms with van der Waals surface area (Å²) in [6.45, 7) is 7.68. The molecule has 240 valence electrons. The highest BCUT2D eigenvalue weighted by Crippen LogP contribution is 2.43. The minimum atomic E-state index is -4.80. The summed E-state index contributed by atoms with van der Waals surface area (Å²) >= 11 is 0. The van der Waals surface area contributed by atoms with Gasteiger partial charge in [-0.1, -0.05) is 32.9 Å². The normalized spacial score (nSPS) is 18.8. The van der Waals surface area contributed by atoms with Crippen molar-refractivity contribution in [3.8, 4) is 17.2 Å². The van der Waals surface area contributed by atoms with Gasteiger partial charge in [0.2, 0.25) is 0 Å². The van der Waals surface area contributed by atoms with Crippen LogP contribution in [-0.2, 0) is 0 Å². The van der Waals surface area contributed by atoms with Crippen molar-refractivity contribution in [2.75, 3.05) is 23.8 Å². The second-order valence-corrected chi connectivity index (χ2v) is 12.6. The van der Waals surface area contributed by atoms with Crippen LogP contribution in [0.4, 0.5) is 29.3 Å². The average Bonchev–Trinajstić information content (AvgIpc) is 3.00. The fourth-order valence-corrected chi connectivity index (χ4v) is 6.01. The predicted octanol–water partition coefficient (Wildman–Crippen LogP) is 8.32. The maximum absolute atomic E-state index is 13.1. The Morgan fingerprint density at radius 3 is 2.04 bits per heavy atom. The van der Waals surface area contributed by atoms with E-state index in [0.29, 0.717) is 47.6 Å². The lowest BCUT2D eigenvalue weighted by Gasteiger charge is -2.39. The van der Waals surface area contributed by atoms with Crippen molar-refractivity contribution in [3.05, 3.63) is 77.9 Å². The van der Waals surface area contributed by atoms with Crippen LogP contribution in [0.1, 0.15) is 68.4 Å². The van der Waals surface area contributed by atoms with Gasteiger partial charge in [-0.3, -0.25) is 4.79 Å². The molecule has 3 amide bonds. The summed E-state index contributed by atoms with van der Waals surface area (Å²) in [6, 6.07) is 16.6. The first-order valence-electron chi connectivity index (χ1n) is 15.1. The van der Waals surface area contributed by atoms with Crippen LogP contribution in [0.5, 0.6) is 17.2 Å². The number of ether oxygens (including phenoxy) is 3. The van der Waals surface area contributed by atoms with Crippen molar-refractivity contribution >= 4 is 23.3 Å². The molecule has 1 fully saturated rings. The number of carbonyl (C=O) groups is 2. The molecule has 0 saturated heterocycles. The van der Waals surface area contributed by atoms with Gasteiger partial charge in [0.25, 0.3) is 5.91 Å². The Kier molecular flexibility index (Phi) is 9.45. The van der Waals surface area contributed by atoms with E-state index in [2.05, 4.69) is 41.5 Å². The standard InChI is InChI=1S/C34H38F3N3O5/c1-33(2,3)24-10-8-22(9-11-24)30(40-32(42)39-25-12-15-27(16-13-25)45-34(35,36)37)21-4-6-23(7-5-21)31(41)38-26-14-17-28-29(20-26)44-19-18-43-28/h4-7,12-17,20,22,24,30H,8-11,18-19H2,1-3H3,(H,38,41)(H2,39,40,42). The third kappa shape index (κ3) is 8.61. The van der Waals surface area contributed by atoms with Crippen LogP contribution in [0, 0.1) is 17.3 Å². The fourth-order valence-electron chi connectivity index (χ4n) is 6.01. The number of carbonyl (C=O) groups excluding carboxylic acids is 2. The molecule has 1 aliphatic heterocycles. The van der Waals surface area contributed by atoms with Crippen molar-refractivity contribution < 1.29 is 37.0 Å². The van der Waals surface area contributed by atoms with E-state index in [1.807, 2.05) is 12.1 Å². The highest BCUT2D eigenvalue weighted by Gasteiger charge is 2.34. The first-order chi connectivity index (χ1) is 21.3. The molecule has 0 radical (unpaired) electrons. The number of amides is 3. The minimum Gasteiger partial charge on any atom is -0.486 e. The molecular formula is C34H38F3N3O5. The van der Waals surface area contributed by atoms with E-state index < -0.39 is 12.4 Å². The predicted molar refractivity (Wildman–Crippen MR) is 165 cm³/mol. The number of rotatable bonds is 7. The Bertz CT molecular complexity index is 1480. The number of anilines is 2. The van der Waals surface area contributed by atoms with Crippen LogP contribution < -0.4 is 30.2 Å². The fraction of sp³-hybridized carbons (Fsp3) is 0.412. The Balaban J connectivity index is 1.28. The molecular weight excluding hydrogens is 587 g/mol. The quantitative estimate of drug-likeness (QED) is 0.245. The molecule has 0 spiro atoms. The Labute approximate surface area is 260 Å². The highest BCUT2D eigenvalue weighted by atomic mass is 19.4. The van der Waals surface area contributed by atoms with Crippen LogP contribution in [-0.4, -0.2) is 31.5 Å². The third-order valence-corrected chi connectivity index (χ3v) is 8.43. The Morgan fingerprint density at radius 2 is 1.42 bits per heavy atom. The zero-order valence-corrected chi connectivity index (χ0v) is 25.5. The molecule has 11 heteroatoms.